The highest BCUT2D eigenvalue weighted by Gasteiger charge is 2.30. The van der Waals surface area contributed by atoms with Crippen molar-refractivity contribution in [2.24, 2.45) is 0 Å². The fourth-order valence-corrected chi connectivity index (χ4v) is 3.55. The number of carbonyl (C=O) groups is 1. The van der Waals surface area contributed by atoms with Gasteiger partial charge in [0.05, 0.1) is 0 Å². The van der Waals surface area contributed by atoms with Crippen molar-refractivity contribution < 1.29 is 13.6 Å². The molecule has 1 amide bonds. The zero-order chi connectivity index (χ0) is 17.8. The van der Waals surface area contributed by atoms with E-state index < -0.39 is 6.43 Å². The van der Waals surface area contributed by atoms with Crippen molar-refractivity contribution >= 4 is 17.2 Å². The molecule has 26 heavy (non-hydrogen) atoms. The van der Waals surface area contributed by atoms with E-state index in [1.165, 1.54) is 12.1 Å². The highest BCUT2D eigenvalue weighted by molar-refractivity contribution is 6.06. The molecule has 0 N–H and O–H groups in total. The summed E-state index contributed by atoms with van der Waals surface area (Å²) >= 11 is 0. The minimum Gasteiger partial charge on any atom is -0.306 e. The summed E-state index contributed by atoms with van der Waals surface area (Å²) in [6, 6.07) is 10.6. The van der Waals surface area contributed by atoms with Crippen molar-refractivity contribution in [3.05, 3.63) is 59.0 Å². The Kier molecular flexibility index (Phi) is 3.32. The second kappa shape index (κ2) is 5.59. The van der Waals surface area contributed by atoms with Gasteiger partial charge in [0, 0.05) is 29.9 Å². The zero-order valence-corrected chi connectivity index (χ0v) is 13.9. The summed E-state index contributed by atoms with van der Waals surface area (Å²) in [7, 11) is 0. The van der Waals surface area contributed by atoms with Crippen LogP contribution in [0, 0.1) is 0 Å². The van der Waals surface area contributed by atoms with Gasteiger partial charge in [-0.05, 0) is 37.0 Å². The number of hydrogen-bond acceptors (Lipinski definition) is 3. The number of carbonyl (C=O) groups excluding carboxylic acids is 1. The first-order valence-corrected chi connectivity index (χ1v) is 8.70. The Labute approximate surface area is 148 Å². The topological polar surface area (TPSA) is 50.5 Å². The number of aromatic nitrogens is 3. The molecule has 132 valence electrons. The number of benzene rings is 1. The second-order valence-corrected chi connectivity index (χ2v) is 6.82. The number of amides is 1. The van der Waals surface area contributed by atoms with Gasteiger partial charge in [-0.2, -0.15) is 5.10 Å². The van der Waals surface area contributed by atoms with Gasteiger partial charge < -0.3 is 4.90 Å². The Hall–Kier alpha value is -2.83. The van der Waals surface area contributed by atoms with Crippen molar-refractivity contribution in [3.8, 4) is 0 Å². The second-order valence-electron chi connectivity index (χ2n) is 6.82. The molecule has 1 fully saturated rings. The molecule has 1 aliphatic carbocycles. The van der Waals surface area contributed by atoms with Crippen molar-refractivity contribution in [1.29, 1.82) is 0 Å². The number of hydrogen-bond donors (Lipinski definition) is 0. The van der Waals surface area contributed by atoms with Crippen LogP contribution in [0.25, 0.3) is 5.65 Å². The summed E-state index contributed by atoms with van der Waals surface area (Å²) in [6.07, 6.45) is 0.0438. The smallest absolute Gasteiger partial charge is 0.280 e. The summed E-state index contributed by atoms with van der Waals surface area (Å²) in [4.78, 5) is 19.0. The van der Waals surface area contributed by atoms with Gasteiger partial charge in [0.15, 0.2) is 11.3 Å². The number of para-hydroxylation sites is 1. The molecule has 2 aliphatic rings. The van der Waals surface area contributed by atoms with Crippen molar-refractivity contribution in [2.45, 2.75) is 31.6 Å². The van der Waals surface area contributed by atoms with Crippen LogP contribution in [0.2, 0.25) is 0 Å². The molecule has 1 aliphatic heterocycles. The van der Waals surface area contributed by atoms with Crippen LogP contribution in [0.4, 0.5) is 14.5 Å². The zero-order valence-electron chi connectivity index (χ0n) is 13.9. The first-order chi connectivity index (χ1) is 12.6. The molecule has 5 nitrogen and oxygen atoms in total. The standard InChI is InChI=1S/C19H16F2N4O/c20-18(21)16-9-13(11-5-6-11)22-17-10-14(23-25(16)17)19(26)24-8-7-12-3-1-2-4-15(12)24/h1-4,9-11,18H,5-8H2. The van der Waals surface area contributed by atoms with Crippen LogP contribution < -0.4 is 4.90 Å². The van der Waals surface area contributed by atoms with Crippen LogP contribution in [-0.2, 0) is 6.42 Å². The number of halogens is 2. The number of nitrogens with zero attached hydrogens (tertiary/aromatic N) is 4. The van der Waals surface area contributed by atoms with Crippen LogP contribution >= 0.6 is 0 Å². The van der Waals surface area contributed by atoms with E-state index in [1.807, 2.05) is 24.3 Å². The van der Waals surface area contributed by atoms with Gasteiger partial charge in [-0.25, -0.2) is 18.3 Å². The van der Waals surface area contributed by atoms with E-state index in [1.54, 1.807) is 4.90 Å². The maximum absolute atomic E-state index is 13.5. The highest BCUT2D eigenvalue weighted by atomic mass is 19.3. The largest absolute Gasteiger partial charge is 0.306 e. The molecule has 0 bridgehead atoms. The number of alkyl halides is 2. The molecule has 3 heterocycles. The number of anilines is 1. The van der Waals surface area contributed by atoms with Crippen LogP contribution in [0.5, 0.6) is 0 Å². The molecule has 0 saturated heterocycles. The third-order valence-corrected chi connectivity index (χ3v) is 5.05. The third-order valence-electron chi connectivity index (χ3n) is 5.05. The van der Waals surface area contributed by atoms with Gasteiger partial charge >= 0.3 is 0 Å². The Morgan fingerprint density at radius 2 is 2.00 bits per heavy atom. The Morgan fingerprint density at radius 3 is 2.77 bits per heavy atom. The molecule has 2 aromatic heterocycles. The van der Waals surface area contributed by atoms with Gasteiger partial charge in [-0.1, -0.05) is 18.2 Å². The summed E-state index contributed by atoms with van der Waals surface area (Å²) in [6.45, 7) is 0.564. The van der Waals surface area contributed by atoms with Crippen molar-refractivity contribution in [2.75, 3.05) is 11.4 Å². The van der Waals surface area contributed by atoms with Crippen LogP contribution in [0.15, 0.2) is 36.4 Å². The van der Waals surface area contributed by atoms with Crippen LogP contribution in [0.3, 0.4) is 0 Å². The molecular weight excluding hydrogens is 338 g/mol. The summed E-state index contributed by atoms with van der Waals surface area (Å²) in [5.41, 5.74) is 2.86. The summed E-state index contributed by atoms with van der Waals surface area (Å²) in [5.74, 6) is -0.0364. The normalized spacial score (nSPS) is 16.5. The molecule has 0 atom stereocenters. The van der Waals surface area contributed by atoms with E-state index >= 15 is 0 Å². The minimum atomic E-state index is -2.67. The fraction of sp³-hybridized carbons (Fsp3) is 0.316. The lowest BCUT2D eigenvalue weighted by Crippen LogP contribution is -2.29. The predicted molar refractivity (Wildman–Crippen MR) is 91.7 cm³/mol. The quantitative estimate of drug-likeness (QED) is 0.720. The molecule has 1 aromatic carbocycles. The molecule has 0 radical (unpaired) electrons. The molecular formula is C19H16F2N4O. The number of fused-ring (bicyclic) bond motifs is 2. The Balaban J connectivity index is 1.57. The van der Waals surface area contributed by atoms with Gasteiger partial charge in [0.2, 0.25) is 0 Å². The van der Waals surface area contributed by atoms with Gasteiger partial charge in [0.1, 0.15) is 5.69 Å². The van der Waals surface area contributed by atoms with Gasteiger partial charge in [0.25, 0.3) is 12.3 Å². The SMILES string of the molecule is O=C(c1cc2nc(C3CC3)cc(C(F)F)n2n1)N1CCc2ccccc21. The van der Waals surface area contributed by atoms with Gasteiger partial charge in [-0.3, -0.25) is 4.79 Å². The third kappa shape index (κ3) is 2.38. The van der Waals surface area contributed by atoms with Crippen LogP contribution in [-0.4, -0.2) is 27.0 Å². The molecule has 0 unspecified atom stereocenters. The molecule has 5 rings (SSSR count). The average Bonchev–Trinajstić information content (AvgIpc) is 3.26. The lowest BCUT2D eigenvalue weighted by molar-refractivity contribution is 0.0983. The molecule has 7 heteroatoms. The monoisotopic (exact) mass is 354 g/mol. The van der Waals surface area contributed by atoms with Gasteiger partial charge in [-0.15, -0.1) is 0 Å². The first kappa shape index (κ1) is 15.4. The predicted octanol–water partition coefficient (Wildman–Crippen LogP) is 3.75. The fourth-order valence-electron chi connectivity index (χ4n) is 3.55. The van der Waals surface area contributed by atoms with E-state index in [4.69, 9.17) is 0 Å². The van der Waals surface area contributed by atoms with E-state index in [0.717, 1.165) is 35.0 Å². The lowest BCUT2D eigenvalue weighted by Gasteiger charge is -2.15. The van der Waals surface area contributed by atoms with E-state index in [-0.39, 0.29) is 23.2 Å². The lowest BCUT2D eigenvalue weighted by atomic mass is 10.2. The maximum Gasteiger partial charge on any atom is 0.280 e. The maximum atomic E-state index is 13.5. The molecule has 1 saturated carbocycles. The molecule has 3 aromatic rings. The first-order valence-electron chi connectivity index (χ1n) is 8.70. The van der Waals surface area contributed by atoms with Crippen LogP contribution in [0.1, 0.15) is 52.6 Å². The molecule has 0 spiro atoms. The van der Waals surface area contributed by atoms with E-state index in [2.05, 4.69) is 10.1 Å². The summed E-state index contributed by atoms with van der Waals surface area (Å²) < 4.78 is 28.1. The Morgan fingerprint density at radius 1 is 1.19 bits per heavy atom. The van der Waals surface area contributed by atoms with Crippen molar-refractivity contribution in [1.82, 2.24) is 14.6 Å². The van der Waals surface area contributed by atoms with E-state index in [0.29, 0.717) is 17.9 Å². The summed E-state index contributed by atoms with van der Waals surface area (Å²) in [5, 5.41) is 4.16. The highest BCUT2D eigenvalue weighted by Crippen LogP contribution is 2.40. The van der Waals surface area contributed by atoms with Crippen molar-refractivity contribution in [3.63, 3.8) is 0 Å². The van der Waals surface area contributed by atoms with E-state index in [9.17, 15) is 13.6 Å². The minimum absolute atomic E-state index is 0.143. The average molecular weight is 354 g/mol. The Bertz CT molecular complexity index is 1030. The number of rotatable bonds is 3.